The summed E-state index contributed by atoms with van der Waals surface area (Å²) in [7, 11) is 1.50. The van der Waals surface area contributed by atoms with Gasteiger partial charge in [-0.2, -0.15) is 4.98 Å². The van der Waals surface area contributed by atoms with Crippen LogP contribution in [0.15, 0.2) is 29.0 Å². The number of nitrogens with zero attached hydrogens (tertiary/aromatic N) is 2. The molecule has 7 nitrogen and oxygen atoms in total. The molecule has 1 amide bonds. The maximum absolute atomic E-state index is 12.0. The number of amides is 1. The molecule has 3 N–H and O–H groups in total. The number of anilines is 1. The highest BCUT2D eigenvalue weighted by Gasteiger charge is 2.12. The van der Waals surface area contributed by atoms with E-state index in [4.69, 9.17) is 15.0 Å². The first-order chi connectivity index (χ1) is 9.20. The second kappa shape index (κ2) is 5.85. The van der Waals surface area contributed by atoms with Crippen molar-refractivity contribution in [3.8, 4) is 5.75 Å². The normalized spacial score (nSPS) is 10.2. The zero-order valence-corrected chi connectivity index (χ0v) is 10.4. The Morgan fingerprint density at radius 3 is 3.05 bits per heavy atom. The SMILES string of the molecule is COc1ccc(N)cc1C(=O)NCCc1ncno1. The fraction of sp³-hybridized carbons (Fsp3) is 0.250. The Hall–Kier alpha value is -2.57. The smallest absolute Gasteiger partial charge is 0.255 e. The Kier molecular flexibility index (Phi) is 3.97. The second-order valence-corrected chi connectivity index (χ2v) is 3.80. The summed E-state index contributed by atoms with van der Waals surface area (Å²) >= 11 is 0. The fourth-order valence-corrected chi connectivity index (χ4v) is 1.59. The van der Waals surface area contributed by atoms with Gasteiger partial charge >= 0.3 is 0 Å². The van der Waals surface area contributed by atoms with Crippen LogP contribution in [0.1, 0.15) is 16.2 Å². The van der Waals surface area contributed by atoms with Crippen LogP contribution in [0.5, 0.6) is 5.75 Å². The lowest BCUT2D eigenvalue weighted by atomic mass is 10.1. The van der Waals surface area contributed by atoms with Crippen LogP contribution in [-0.4, -0.2) is 29.7 Å². The molecule has 0 atom stereocenters. The number of aromatic nitrogens is 2. The first-order valence-corrected chi connectivity index (χ1v) is 5.68. The number of rotatable bonds is 5. The number of carbonyl (C=O) groups excluding carboxylic acids is 1. The summed E-state index contributed by atoms with van der Waals surface area (Å²) in [5, 5.41) is 6.22. The molecule has 0 aliphatic carbocycles. The monoisotopic (exact) mass is 262 g/mol. The largest absolute Gasteiger partial charge is 0.496 e. The van der Waals surface area contributed by atoms with Crippen LogP contribution in [0.4, 0.5) is 5.69 Å². The summed E-state index contributed by atoms with van der Waals surface area (Å²) in [6, 6.07) is 4.90. The van der Waals surface area contributed by atoms with Crippen molar-refractivity contribution < 1.29 is 14.1 Å². The molecule has 1 aromatic carbocycles. The average molecular weight is 262 g/mol. The highest BCUT2D eigenvalue weighted by molar-refractivity contribution is 5.97. The van der Waals surface area contributed by atoms with E-state index in [1.54, 1.807) is 18.2 Å². The van der Waals surface area contributed by atoms with Crippen LogP contribution in [0.2, 0.25) is 0 Å². The van der Waals surface area contributed by atoms with Gasteiger partial charge in [-0.25, -0.2) is 0 Å². The highest BCUT2D eigenvalue weighted by Crippen LogP contribution is 2.20. The van der Waals surface area contributed by atoms with Crippen molar-refractivity contribution in [2.24, 2.45) is 0 Å². The lowest BCUT2D eigenvalue weighted by molar-refractivity contribution is 0.0950. The molecule has 19 heavy (non-hydrogen) atoms. The van der Waals surface area contributed by atoms with E-state index in [9.17, 15) is 4.79 Å². The fourth-order valence-electron chi connectivity index (χ4n) is 1.59. The molecule has 100 valence electrons. The lowest BCUT2D eigenvalue weighted by Gasteiger charge is -2.09. The van der Waals surface area contributed by atoms with Crippen LogP contribution in [0.3, 0.4) is 0 Å². The number of methoxy groups -OCH3 is 1. The average Bonchev–Trinajstić information content (AvgIpc) is 2.91. The maximum atomic E-state index is 12.0. The molecule has 0 unspecified atom stereocenters. The number of nitrogens with two attached hydrogens (primary N) is 1. The van der Waals surface area contributed by atoms with E-state index in [0.717, 1.165) is 0 Å². The predicted octanol–water partition coefficient (Wildman–Crippen LogP) is 0.633. The van der Waals surface area contributed by atoms with Gasteiger partial charge in [0.1, 0.15) is 5.75 Å². The van der Waals surface area contributed by atoms with Gasteiger partial charge in [0, 0.05) is 18.7 Å². The maximum Gasteiger partial charge on any atom is 0.255 e. The third-order valence-corrected chi connectivity index (χ3v) is 2.50. The number of nitrogen functional groups attached to an aromatic ring is 1. The Labute approximate surface area is 109 Å². The highest BCUT2D eigenvalue weighted by atomic mass is 16.5. The molecule has 1 aromatic heterocycles. The summed E-state index contributed by atoms with van der Waals surface area (Å²) in [6.45, 7) is 0.388. The van der Waals surface area contributed by atoms with E-state index in [-0.39, 0.29) is 5.91 Å². The molecule has 0 saturated heterocycles. The van der Waals surface area contributed by atoms with Gasteiger partial charge in [-0.05, 0) is 18.2 Å². The van der Waals surface area contributed by atoms with Gasteiger partial charge in [0.2, 0.25) is 5.89 Å². The van der Waals surface area contributed by atoms with Crippen molar-refractivity contribution >= 4 is 11.6 Å². The first-order valence-electron chi connectivity index (χ1n) is 5.68. The second-order valence-electron chi connectivity index (χ2n) is 3.80. The minimum atomic E-state index is -0.260. The Morgan fingerprint density at radius 1 is 1.53 bits per heavy atom. The summed E-state index contributed by atoms with van der Waals surface area (Å²) < 4.78 is 9.94. The number of hydrogen-bond acceptors (Lipinski definition) is 6. The van der Waals surface area contributed by atoms with Gasteiger partial charge in [0.05, 0.1) is 12.7 Å². The molecule has 0 saturated carbocycles. The van der Waals surface area contributed by atoms with Gasteiger partial charge < -0.3 is 20.3 Å². The van der Waals surface area contributed by atoms with Crippen LogP contribution in [0.25, 0.3) is 0 Å². The van der Waals surface area contributed by atoms with E-state index in [0.29, 0.717) is 35.9 Å². The van der Waals surface area contributed by atoms with Crippen molar-refractivity contribution in [3.05, 3.63) is 36.0 Å². The minimum absolute atomic E-state index is 0.260. The molecular formula is C12H14N4O3. The number of hydrogen-bond donors (Lipinski definition) is 2. The van der Waals surface area contributed by atoms with E-state index < -0.39 is 0 Å². The standard InChI is InChI=1S/C12H14N4O3/c1-18-10-3-2-8(13)6-9(10)12(17)14-5-4-11-15-7-16-19-11/h2-3,6-7H,4-5,13H2,1H3,(H,14,17). The molecule has 2 aromatic rings. The third kappa shape index (κ3) is 3.21. The van der Waals surface area contributed by atoms with Crippen LogP contribution in [-0.2, 0) is 6.42 Å². The van der Waals surface area contributed by atoms with E-state index in [1.165, 1.54) is 13.4 Å². The Balaban J connectivity index is 1.97. The molecule has 7 heteroatoms. The summed E-state index contributed by atoms with van der Waals surface area (Å²) in [5.74, 6) is 0.688. The summed E-state index contributed by atoms with van der Waals surface area (Å²) in [6.07, 6.45) is 1.79. The van der Waals surface area contributed by atoms with Crippen molar-refractivity contribution in [2.45, 2.75) is 6.42 Å². The molecule has 0 aliphatic rings. The van der Waals surface area contributed by atoms with E-state index in [1.807, 2.05) is 0 Å². The van der Waals surface area contributed by atoms with Gasteiger partial charge in [-0.15, -0.1) is 0 Å². The van der Waals surface area contributed by atoms with Gasteiger partial charge in [-0.1, -0.05) is 5.16 Å². The number of benzene rings is 1. The molecular weight excluding hydrogens is 248 g/mol. The van der Waals surface area contributed by atoms with Crippen LogP contribution >= 0.6 is 0 Å². The Morgan fingerprint density at radius 2 is 2.37 bits per heavy atom. The first kappa shape index (κ1) is 12.9. The topological polar surface area (TPSA) is 103 Å². The van der Waals surface area contributed by atoms with Gasteiger partial charge in [0.25, 0.3) is 5.91 Å². The Bertz CT molecular complexity index is 554. The number of carbonyl (C=O) groups is 1. The van der Waals surface area contributed by atoms with Crippen molar-refractivity contribution in [2.75, 3.05) is 19.4 Å². The number of ether oxygens (including phenoxy) is 1. The molecule has 0 fully saturated rings. The summed E-state index contributed by atoms with van der Waals surface area (Å²) in [5.41, 5.74) is 6.56. The molecule has 0 spiro atoms. The lowest BCUT2D eigenvalue weighted by Crippen LogP contribution is -2.26. The number of nitrogens with one attached hydrogen (secondary N) is 1. The van der Waals surface area contributed by atoms with Gasteiger partial charge in [-0.3, -0.25) is 4.79 Å². The minimum Gasteiger partial charge on any atom is -0.496 e. The van der Waals surface area contributed by atoms with Crippen molar-refractivity contribution in [1.29, 1.82) is 0 Å². The molecule has 0 aliphatic heterocycles. The zero-order valence-electron chi connectivity index (χ0n) is 10.4. The zero-order chi connectivity index (χ0) is 13.7. The molecule has 2 rings (SSSR count). The quantitative estimate of drug-likeness (QED) is 0.766. The van der Waals surface area contributed by atoms with Crippen LogP contribution < -0.4 is 15.8 Å². The summed E-state index contributed by atoms with van der Waals surface area (Å²) in [4.78, 5) is 15.9. The molecule has 0 bridgehead atoms. The van der Waals surface area contributed by atoms with E-state index in [2.05, 4.69) is 15.5 Å². The molecule has 1 heterocycles. The predicted molar refractivity (Wildman–Crippen MR) is 67.7 cm³/mol. The van der Waals surface area contributed by atoms with Crippen LogP contribution in [0, 0.1) is 0 Å². The van der Waals surface area contributed by atoms with Gasteiger partial charge in [0.15, 0.2) is 6.33 Å². The molecule has 0 radical (unpaired) electrons. The van der Waals surface area contributed by atoms with E-state index >= 15 is 0 Å². The van der Waals surface area contributed by atoms with Crippen molar-refractivity contribution in [3.63, 3.8) is 0 Å². The third-order valence-electron chi connectivity index (χ3n) is 2.50. The van der Waals surface area contributed by atoms with Crippen molar-refractivity contribution in [1.82, 2.24) is 15.5 Å².